The summed E-state index contributed by atoms with van der Waals surface area (Å²) in [7, 11) is 0. The molecule has 0 amide bonds. The van der Waals surface area contributed by atoms with Crippen molar-refractivity contribution >= 4 is 31.9 Å². The van der Waals surface area contributed by atoms with Gasteiger partial charge in [0.05, 0.1) is 10.6 Å². The molecule has 2 heterocycles. The zero-order valence-electron chi connectivity index (χ0n) is 8.79. The molecule has 0 aliphatic carbocycles. The molecule has 5 heteroatoms. The third-order valence-corrected chi connectivity index (χ3v) is 3.46. The average Bonchev–Trinajstić information content (AvgIpc) is 2.29. The van der Waals surface area contributed by atoms with E-state index in [1.165, 1.54) is 6.42 Å². The molecule has 1 atom stereocenters. The number of rotatable bonds is 3. The molecule has 0 N–H and O–H groups in total. The first kappa shape index (κ1) is 12.3. The first-order valence-electron chi connectivity index (χ1n) is 5.31. The van der Waals surface area contributed by atoms with Crippen molar-refractivity contribution in [3.05, 3.63) is 21.2 Å². The summed E-state index contributed by atoms with van der Waals surface area (Å²) < 4.78 is 13.0. The van der Waals surface area contributed by atoms with Crippen molar-refractivity contribution in [2.75, 3.05) is 13.2 Å². The summed E-state index contributed by atoms with van der Waals surface area (Å²) in [5.41, 5.74) is 0. The fourth-order valence-corrected chi connectivity index (χ4v) is 2.72. The summed E-state index contributed by atoms with van der Waals surface area (Å²) in [6.45, 7) is 1.43. The van der Waals surface area contributed by atoms with Gasteiger partial charge in [0.2, 0.25) is 5.88 Å². The Morgan fingerprint density at radius 3 is 3.00 bits per heavy atom. The van der Waals surface area contributed by atoms with Crippen LogP contribution in [0.2, 0.25) is 0 Å². The Balaban J connectivity index is 1.88. The third kappa shape index (κ3) is 3.43. The van der Waals surface area contributed by atoms with Crippen LogP contribution in [0.3, 0.4) is 0 Å². The van der Waals surface area contributed by atoms with E-state index in [1.807, 2.05) is 6.07 Å². The van der Waals surface area contributed by atoms with Crippen molar-refractivity contribution in [3.8, 4) is 5.88 Å². The SMILES string of the molecule is Brc1cnc(OCC2CCCCO2)c(Br)c1. The predicted molar refractivity (Wildman–Crippen MR) is 68.7 cm³/mol. The third-order valence-electron chi connectivity index (χ3n) is 2.45. The maximum absolute atomic E-state index is 5.63. The molecule has 0 bridgehead atoms. The Morgan fingerprint density at radius 2 is 2.31 bits per heavy atom. The van der Waals surface area contributed by atoms with Crippen LogP contribution in [0.15, 0.2) is 21.2 Å². The predicted octanol–water partition coefficient (Wildman–Crippen LogP) is 3.55. The molecule has 1 aliphatic rings. The molecule has 0 saturated carbocycles. The van der Waals surface area contributed by atoms with Crippen LogP contribution in [0.1, 0.15) is 19.3 Å². The van der Waals surface area contributed by atoms with Crippen LogP contribution in [0, 0.1) is 0 Å². The van der Waals surface area contributed by atoms with E-state index in [-0.39, 0.29) is 6.10 Å². The van der Waals surface area contributed by atoms with Gasteiger partial charge < -0.3 is 9.47 Å². The molecule has 0 radical (unpaired) electrons. The normalized spacial score (nSPS) is 20.8. The second-order valence-electron chi connectivity index (χ2n) is 3.74. The molecular weight excluding hydrogens is 338 g/mol. The summed E-state index contributed by atoms with van der Waals surface area (Å²) in [6.07, 6.45) is 5.40. The zero-order chi connectivity index (χ0) is 11.4. The molecule has 16 heavy (non-hydrogen) atoms. The Hall–Kier alpha value is -0.130. The van der Waals surface area contributed by atoms with Crippen LogP contribution in [-0.4, -0.2) is 24.3 Å². The number of hydrogen-bond acceptors (Lipinski definition) is 3. The quantitative estimate of drug-likeness (QED) is 0.835. The van der Waals surface area contributed by atoms with E-state index in [9.17, 15) is 0 Å². The lowest BCUT2D eigenvalue weighted by Crippen LogP contribution is -2.26. The van der Waals surface area contributed by atoms with Crippen molar-refractivity contribution < 1.29 is 9.47 Å². The van der Waals surface area contributed by atoms with Crippen molar-refractivity contribution in [3.63, 3.8) is 0 Å². The highest BCUT2D eigenvalue weighted by Gasteiger charge is 2.15. The number of halogens is 2. The molecule has 1 aliphatic heterocycles. The first-order valence-corrected chi connectivity index (χ1v) is 6.90. The van der Waals surface area contributed by atoms with Gasteiger partial charge in [0.1, 0.15) is 6.61 Å². The fourth-order valence-electron chi connectivity index (χ4n) is 1.62. The average molecular weight is 351 g/mol. The Bertz CT molecular complexity index is 354. The van der Waals surface area contributed by atoms with Crippen LogP contribution in [0.4, 0.5) is 0 Å². The molecule has 3 nitrogen and oxygen atoms in total. The number of aromatic nitrogens is 1. The largest absolute Gasteiger partial charge is 0.474 e. The number of hydrogen-bond donors (Lipinski definition) is 0. The summed E-state index contributed by atoms with van der Waals surface area (Å²) in [6, 6.07) is 1.92. The first-order chi connectivity index (χ1) is 7.75. The smallest absolute Gasteiger partial charge is 0.228 e. The second-order valence-corrected chi connectivity index (χ2v) is 5.51. The lowest BCUT2D eigenvalue weighted by Gasteiger charge is -2.22. The summed E-state index contributed by atoms with van der Waals surface area (Å²) >= 11 is 6.77. The van der Waals surface area contributed by atoms with E-state index in [1.54, 1.807) is 6.20 Å². The molecule has 1 fully saturated rings. The topological polar surface area (TPSA) is 31.4 Å². The van der Waals surface area contributed by atoms with Gasteiger partial charge in [-0.05, 0) is 57.2 Å². The highest BCUT2D eigenvalue weighted by Crippen LogP contribution is 2.26. The molecule has 1 aromatic rings. The van der Waals surface area contributed by atoms with Gasteiger partial charge in [-0.2, -0.15) is 0 Å². The minimum atomic E-state index is 0.214. The van der Waals surface area contributed by atoms with Crippen LogP contribution < -0.4 is 4.74 Å². The van der Waals surface area contributed by atoms with E-state index < -0.39 is 0 Å². The Kier molecular flexibility index (Phi) is 4.61. The molecule has 1 aromatic heterocycles. The summed E-state index contributed by atoms with van der Waals surface area (Å²) in [5, 5.41) is 0. The maximum Gasteiger partial charge on any atom is 0.228 e. The van der Waals surface area contributed by atoms with Gasteiger partial charge in [-0.1, -0.05) is 0 Å². The molecule has 2 rings (SSSR count). The van der Waals surface area contributed by atoms with Gasteiger partial charge in [-0.25, -0.2) is 4.98 Å². The van der Waals surface area contributed by atoms with E-state index in [2.05, 4.69) is 36.8 Å². The Morgan fingerprint density at radius 1 is 1.44 bits per heavy atom. The van der Waals surface area contributed by atoms with Crippen LogP contribution in [0.25, 0.3) is 0 Å². The summed E-state index contributed by atoms with van der Waals surface area (Å²) in [5.74, 6) is 0.623. The monoisotopic (exact) mass is 349 g/mol. The van der Waals surface area contributed by atoms with Crippen LogP contribution in [0.5, 0.6) is 5.88 Å². The summed E-state index contributed by atoms with van der Waals surface area (Å²) in [4.78, 5) is 4.19. The van der Waals surface area contributed by atoms with Gasteiger partial charge in [-0.15, -0.1) is 0 Å². The van der Waals surface area contributed by atoms with Crippen LogP contribution in [-0.2, 0) is 4.74 Å². The molecule has 1 saturated heterocycles. The number of ether oxygens (including phenoxy) is 2. The van der Waals surface area contributed by atoms with E-state index >= 15 is 0 Å². The minimum Gasteiger partial charge on any atom is -0.474 e. The molecule has 1 unspecified atom stereocenters. The Labute approximate surface area is 112 Å². The van der Waals surface area contributed by atoms with E-state index in [4.69, 9.17) is 9.47 Å². The number of nitrogens with zero attached hydrogens (tertiary/aromatic N) is 1. The van der Waals surface area contributed by atoms with Gasteiger partial charge in [0.15, 0.2) is 0 Å². The van der Waals surface area contributed by atoms with Crippen molar-refractivity contribution in [1.82, 2.24) is 4.98 Å². The van der Waals surface area contributed by atoms with Gasteiger partial charge >= 0.3 is 0 Å². The lowest BCUT2D eigenvalue weighted by atomic mass is 10.1. The zero-order valence-corrected chi connectivity index (χ0v) is 12.0. The van der Waals surface area contributed by atoms with Gasteiger partial charge in [0.25, 0.3) is 0 Å². The molecule has 0 spiro atoms. The lowest BCUT2D eigenvalue weighted by molar-refractivity contribution is -0.0121. The fraction of sp³-hybridized carbons (Fsp3) is 0.545. The van der Waals surface area contributed by atoms with Crippen molar-refractivity contribution in [2.24, 2.45) is 0 Å². The van der Waals surface area contributed by atoms with E-state index in [0.717, 1.165) is 28.4 Å². The van der Waals surface area contributed by atoms with Gasteiger partial charge in [-0.3, -0.25) is 0 Å². The van der Waals surface area contributed by atoms with Crippen molar-refractivity contribution in [2.45, 2.75) is 25.4 Å². The molecule has 88 valence electrons. The highest BCUT2D eigenvalue weighted by molar-refractivity contribution is 9.11. The maximum atomic E-state index is 5.63. The highest BCUT2D eigenvalue weighted by atomic mass is 79.9. The van der Waals surface area contributed by atoms with Crippen LogP contribution >= 0.6 is 31.9 Å². The van der Waals surface area contributed by atoms with Crippen molar-refractivity contribution in [1.29, 1.82) is 0 Å². The standard InChI is InChI=1S/C11H13Br2NO2/c12-8-5-10(13)11(14-6-8)16-7-9-3-1-2-4-15-9/h5-6,9H,1-4,7H2. The molecule has 0 aromatic carbocycles. The van der Waals surface area contributed by atoms with E-state index in [0.29, 0.717) is 12.5 Å². The van der Waals surface area contributed by atoms with Gasteiger partial charge in [0, 0.05) is 17.3 Å². The number of pyridine rings is 1. The molecular formula is C11H13Br2NO2. The second kappa shape index (κ2) is 5.98. The minimum absolute atomic E-state index is 0.214.